The summed E-state index contributed by atoms with van der Waals surface area (Å²) in [5.74, 6) is 14.1. The molecule has 0 amide bonds. The second-order valence-corrected chi connectivity index (χ2v) is 17.2. The van der Waals surface area contributed by atoms with Crippen LogP contribution >= 0.6 is 0 Å². The van der Waals surface area contributed by atoms with E-state index in [1.807, 2.05) is 24.3 Å². The summed E-state index contributed by atoms with van der Waals surface area (Å²) in [6.45, 7) is 16.1. The van der Waals surface area contributed by atoms with E-state index in [0.29, 0.717) is 11.5 Å². The van der Waals surface area contributed by atoms with Gasteiger partial charge in [-0.15, -0.1) is 0 Å². The minimum absolute atomic E-state index is 0.396. The van der Waals surface area contributed by atoms with Gasteiger partial charge in [-0.05, 0) is 121 Å². The number of anilines is 2. The van der Waals surface area contributed by atoms with Crippen molar-refractivity contribution in [2.45, 2.75) is 144 Å². The molecule has 0 radical (unpaired) electrons. The monoisotopic (exact) mass is 861 g/mol. The Hall–Kier alpha value is -5.72. The fraction of sp³-hybridized carbons (Fsp3) is 0.448. The summed E-state index contributed by atoms with van der Waals surface area (Å²) >= 11 is 0. The molecule has 5 aromatic carbocycles. The van der Waals surface area contributed by atoms with Crippen molar-refractivity contribution in [3.05, 3.63) is 107 Å². The maximum Gasteiger partial charge on any atom is 0.308 e. The van der Waals surface area contributed by atoms with Gasteiger partial charge in [0.1, 0.15) is 11.5 Å². The van der Waals surface area contributed by atoms with E-state index in [-0.39, 0.29) is 0 Å². The summed E-state index contributed by atoms with van der Waals surface area (Å²) in [4.78, 5) is 29.4. The van der Waals surface area contributed by atoms with Crippen LogP contribution in [0, 0.1) is 23.7 Å². The molecule has 0 N–H and O–H groups in total. The highest BCUT2D eigenvalue weighted by Gasteiger charge is 2.16. The summed E-state index contributed by atoms with van der Waals surface area (Å²) in [6, 6.07) is 28.5. The van der Waals surface area contributed by atoms with Crippen molar-refractivity contribution in [1.82, 2.24) is 0 Å². The summed E-state index contributed by atoms with van der Waals surface area (Å²) in [6.07, 6.45) is 19.8. The maximum atomic E-state index is 12.2. The molecule has 0 aliphatic rings. The van der Waals surface area contributed by atoms with Gasteiger partial charge in [0.15, 0.2) is 0 Å². The quantitative estimate of drug-likeness (QED) is 0.0203. The van der Waals surface area contributed by atoms with Crippen LogP contribution in [0.2, 0.25) is 0 Å². The first-order chi connectivity index (χ1) is 31.2. The predicted molar refractivity (Wildman–Crippen MR) is 270 cm³/mol. The number of carbonyl (C=O) groups excluding carboxylic acids is 2. The number of hydrogen-bond donors (Lipinski definition) is 0. The number of hydrogen-bond acceptors (Lipinski definition) is 6. The van der Waals surface area contributed by atoms with Crippen molar-refractivity contribution in [2.75, 3.05) is 36.0 Å². The van der Waals surface area contributed by atoms with Crippen LogP contribution in [0.15, 0.2) is 84.9 Å². The largest absolute Gasteiger partial charge is 0.427 e. The summed E-state index contributed by atoms with van der Waals surface area (Å²) in [7, 11) is 0. The standard InChI is InChI=1S/C58H72N2O4/c1-7-11-15-19-39-59(40-20-16-12-8-2)49-29-23-47(24-30-49)27-35-53-55-37-33-52(64-46(6)62)44-58(55)54(56-38-34-51(43-57(53)56)63-45(5)61)36-28-48-25-31-50(32-26-48)60(41-21-17-13-9-3)42-22-18-14-10-4/h23-26,29-34,37-38,43-44H,7-22,39-42H2,1-6H3. The number of esters is 2. The van der Waals surface area contributed by atoms with Gasteiger partial charge >= 0.3 is 11.9 Å². The molecular formula is C58H72N2O4. The van der Waals surface area contributed by atoms with Crippen LogP contribution in [-0.2, 0) is 9.59 Å². The number of benzene rings is 5. The first kappa shape index (κ1) is 49.3. The Morgan fingerprint density at radius 1 is 0.406 bits per heavy atom. The molecule has 0 fully saturated rings. The van der Waals surface area contributed by atoms with Crippen LogP contribution in [0.1, 0.15) is 167 Å². The molecule has 5 rings (SSSR count). The Morgan fingerprint density at radius 3 is 1.03 bits per heavy atom. The zero-order valence-electron chi connectivity index (χ0n) is 39.8. The zero-order valence-corrected chi connectivity index (χ0v) is 39.8. The van der Waals surface area contributed by atoms with Crippen LogP contribution in [-0.4, -0.2) is 38.1 Å². The topological polar surface area (TPSA) is 59.1 Å². The van der Waals surface area contributed by atoms with Crippen LogP contribution < -0.4 is 19.3 Å². The Morgan fingerprint density at radius 2 is 0.734 bits per heavy atom. The van der Waals surface area contributed by atoms with Crippen LogP contribution in [0.5, 0.6) is 11.5 Å². The van der Waals surface area contributed by atoms with Gasteiger partial charge in [0.05, 0.1) is 0 Å². The SMILES string of the molecule is CCCCCCN(CCCCCC)c1ccc(C#Cc2c3ccc(OC(C)=O)cc3c(C#Cc3ccc(N(CCCCCC)CCCCCC)cc3)c3ccc(OC(C)=O)cc23)cc1. The lowest BCUT2D eigenvalue weighted by molar-refractivity contribution is -0.132. The third kappa shape index (κ3) is 15.2. The molecule has 0 unspecified atom stereocenters. The molecule has 0 atom stereocenters. The van der Waals surface area contributed by atoms with E-state index in [1.165, 1.54) is 128 Å². The molecule has 6 nitrogen and oxygen atoms in total. The molecule has 0 bridgehead atoms. The van der Waals surface area contributed by atoms with E-state index < -0.39 is 11.9 Å². The van der Waals surface area contributed by atoms with Crippen LogP contribution in [0.25, 0.3) is 21.5 Å². The number of carbonyl (C=O) groups is 2. The number of ether oxygens (including phenoxy) is 2. The molecule has 0 aliphatic heterocycles. The highest BCUT2D eigenvalue weighted by molar-refractivity contribution is 6.10. The number of rotatable bonds is 24. The van der Waals surface area contributed by atoms with Gasteiger partial charge in [0.2, 0.25) is 0 Å². The molecule has 6 heteroatoms. The van der Waals surface area contributed by atoms with Gasteiger partial charge in [0, 0.05) is 84.4 Å². The smallest absolute Gasteiger partial charge is 0.308 e. The molecule has 64 heavy (non-hydrogen) atoms. The molecule has 5 aromatic rings. The number of unbranched alkanes of at least 4 members (excludes halogenated alkanes) is 12. The molecule has 0 aliphatic carbocycles. The molecule has 0 aromatic heterocycles. The molecule has 0 heterocycles. The molecule has 0 saturated heterocycles. The predicted octanol–water partition coefficient (Wildman–Crippen LogP) is 14.6. The van der Waals surface area contributed by atoms with Gasteiger partial charge in [-0.2, -0.15) is 0 Å². The lowest BCUT2D eigenvalue weighted by Crippen LogP contribution is -2.25. The normalized spacial score (nSPS) is 10.8. The van der Waals surface area contributed by atoms with Gasteiger partial charge < -0.3 is 19.3 Å². The Bertz CT molecular complexity index is 2180. The van der Waals surface area contributed by atoms with E-state index in [1.54, 1.807) is 12.1 Å². The Labute approximate surface area is 385 Å². The van der Waals surface area contributed by atoms with Crippen molar-refractivity contribution in [1.29, 1.82) is 0 Å². The Kier molecular flexibility index (Phi) is 20.6. The van der Waals surface area contributed by atoms with E-state index in [4.69, 9.17) is 9.47 Å². The van der Waals surface area contributed by atoms with Crippen LogP contribution in [0.3, 0.4) is 0 Å². The minimum Gasteiger partial charge on any atom is -0.427 e. The lowest BCUT2D eigenvalue weighted by atomic mass is 9.91. The maximum absolute atomic E-state index is 12.2. The third-order valence-corrected chi connectivity index (χ3v) is 11.8. The number of nitrogens with zero attached hydrogens (tertiary/aromatic N) is 2. The first-order valence-electron chi connectivity index (χ1n) is 24.4. The van der Waals surface area contributed by atoms with E-state index in [2.05, 4.69) is 110 Å². The summed E-state index contributed by atoms with van der Waals surface area (Å²) < 4.78 is 11.2. The average molecular weight is 861 g/mol. The summed E-state index contributed by atoms with van der Waals surface area (Å²) in [5, 5.41) is 3.36. The van der Waals surface area contributed by atoms with Gasteiger partial charge in [0.25, 0.3) is 0 Å². The zero-order chi connectivity index (χ0) is 45.5. The van der Waals surface area contributed by atoms with Gasteiger partial charge in [-0.25, -0.2) is 0 Å². The van der Waals surface area contributed by atoms with Crippen molar-refractivity contribution >= 4 is 44.9 Å². The molecule has 0 saturated carbocycles. The van der Waals surface area contributed by atoms with Crippen molar-refractivity contribution < 1.29 is 19.1 Å². The molecule has 338 valence electrons. The molecule has 0 spiro atoms. The third-order valence-electron chi connectivity index (χ3n) is 11.8. The molecular weight excluding hydrogens is 789 g/mol. The van der Waals surface area contributed by atoms with Crippen LogP contribution in [0.4, 0.5) is 11.4 Å². The lowest BCUT2D eigenvalue weighted by Gasteiger charge is -2.25. The van der Waals surface area contributed by atoms with E-state index in [0.717, 1.165) is 70.0 Å². The highest BCUT2D eigenvalue weighted by atomic mass is 16.5. The van der Waals surface area contributed by atoms with Crippen molar-refractivity contribution in [2.24, 2.45) is 0 Å². The highest BCUT2D eigenvalue weighted by Crippen LogP contribution is 2.37. The second kappa shape index (κ2) is 26.8. The van der Waals surface area contributed by atoms with Gasteiger partial charge in [-0.3, -0.25) is 9.59 Å². The van der Waals surface area contributed by atoms with Crippen molar-refractivity contribution in [3.8, 4) is 35.2 Å². The fourth-order valence-corrected chi connectivity index (χ4v) is 8.35. The van der Waals surface area contributed by atoms with Crippen molar-refractivity contribution in [3.63, 3.8) is 0 Å². The minimum atomic E-state index is -0.396. The second-order valence-electron chi connectivity index (χ2n) is 17.2. The van der Waals surface area contributed by atoms with E-state index in [9.17, 15) is 9.59 Å². The fourth-order valence-electron chi connectivity index (χ4n) is 8.35. The Balaban J connectivity index is 1.56. The first-order valence-corrected chi connectivity index (χ1v) is 24.4. The number of fused-ring (bicyclic) bond motifs is 2. The van der Waals surface area contributed by atoms with Gasteiger partial charge in [-0.1, -0.05) is 128 Å². The van der Waals surface area contributed by atoms with E-state index >= 15 is 0 Å². The average Bonchev–Trinajstić information content (AvgIpc) is 3.29. The summed E-state index contributed by atoms with van der Waals surface area (Å²) in [5.41, 5.74) is 5.83.